The van der Waals surface area contributed by atoms with Gasteiger partial charge in [-0.2, -0.15) is 0 Å². The molecule has 1 N–H and O–H groups in total. The van der Waals surface area contributed by atoms with E-state index in [1.165, 1.54) is 12.1 Å². The number of hydrogen-bond donors (Lipinski definition) is 1. The first-order valence-corrected chi connectivity index (χ1v) is 7.77. The van der Waals surface area contributed by atoms with Crippen LogP contribution in [0, 0.1) is 5.82 Å². The van der Waals surface area contributed by atoms with Gasteiger partial charge in [0.05, 0.1) is 12.7 Å². The Kier molecular flexibility index (Phi) is 4.66. The molecule has 0 aliphatic carbocycles. The van der Waals surface area contributed by atoms with Crippen LogP contribution in [0.15, 0.2) is 30.5 Å². The fraction of sp³-hybridized carbons (Fsp3) is 0.438. The van der Waals surface area contributed by atoms with Crippen LogP contribution in [0.3, 0.4) is 0 Å². The first kappa shape index (κ1) is 15.6. The maximum Gasteiger partial charge on any atom is 0.276 e. The minimum atomic E-state index is -0.287. The van der Waals surface area contributed by atoms with Crippen LogP contribution in [0.5, 0.6) is 0 Å². The van der Waals surface area contributed by atoms with E-state index in [9.17, 15) is 9.18 Å². The molecule has 7 heteroatoms. The van der Waals surface area contributed by atoms with Crippen molar-refractivity contribution in [2.24, 2.45) is 0 Å². The molecule has 0 radical (unpaired) electrons. The molecule has 1 fully saturated rings. The van der Waals surface area contributed by atoms with Crippen molar-refractivity contribution in [3.05, 3.63) is 47.5 Å². The lowest BCUT2D eigenvalue weighted by Gasteiger charge is -2.31. The van der Waals surface area contributed by atoms with Gasteiger partial charge in [-0.3, -0.25) is 4.79 Å². The van der Waals surface area contributed by atoms with Crippen molar-refractivity contribution in [1.29, 1.82) is 0 Å². The Morgan fingerprint density at radius 1 is 1.48 bits per heavy atom. The minimum Gasteiger partial charge on any atom is -0.336 e. The molecule has 1 aliphatic rings. The van der Waals surface area contributed by atoms with E-state index in [2.05, 4.69) is 15.6 Å². The van der Waals surface area contributed by atoms with Crippen molar-refractivity contribution in [2.45, 2.75) is 25.4 Å². The number of halogens is 1. The summed E-state index contributed by atoms with van der Waals surface area (Å²) in [5, 5.41) is 11.2. The standard InChI is InChI=1S/C16H20FN5O/c1-18-14-6-3-7-21(10-14)16(23)15-11-22(20-19-15)9-12-4-2-5-13(17)8-12/h2,4-5,8,11,14,18H,3,6-7,9-10H2,1H3. The molecule has 0 saturated carbocycles. The molecule has 6 nitrogen and oxygen atoms in total. The number of aromatic nitrogens is 3. The second kappa shape index (κ2) is 6.87. The van der Waals surface area contributed by atoms with E-state index in [0.717, 1.165) is 24.9 Å². The third-order valence-electron chi connectivity index (χ3n) is 4.11. The van der Waals surface area contributed by atoms with Crippen molar-refractivity contribution in [3.8, 4) is 0 Å². The van der Waals surface area contributed by atoms with E-state index in [4.69, 9.17) is 0 Å². The summed E-state index contributed by atoms with van der Waals surface area (Å²) in [5.74, 6) is -0.388. The Morgan fingerprint density at radius 3 is 3.13 bits per heavy atom. The van der Waals surface area contributed by atoms with Gasteiger partial charge in [-0.25, -0.2) is 9.07 Å². The predicted octanol–water partition coefficient (Wildman–Crippen LogP) is 1.29. The SMILES string of the molecule is CNC1CCCN(C(=O)c2cn(Cc3cccc(F)c3)nn2)C1. The molecular weight excluding hydrogens is 297 g/mol. The topological polar surface area (TPSA) is 63.1 Å². The van der Waals surface area contributed by atoms with Crippen LogP contribution in [0.4, 0.5) is 4.39 Å². The normalized spacial score (nSPS) is 18.2. The van der Waals surface area contributed by atoms with E-state index in [1.807, 2.05) is 13.1 Å². The highest BCUT2D eigenvalue weighted by Gasteiger charge is 2.25. The van der Waals surface area contributed by atoms with Crippen molar-refractivity contribution >= 4 is 5.91 Å². The smallest absolute Gasteiger partial charge is 0.276 e. The lowest BCUT2D eigenvalue weighted by Crippen LogP contribution is -2.47. The summed E-state index contributed by atoms with van der Waals surface area (Å²) >= 11 is 0. The van der Waals surface area contributed by atoms with Crippen molar-refractivity contribution < 1.29 is 9.18 Å². The zero-order valence-corrected chi connectivity index (χ0v) is 13.1. The Labute approximate surface area is 134 Å². The number of piperidine rings is 1. The number of likely N-dealkylation sites (N-methyl/N-ethyl adjacent to an activating group) is 1. The van der Waals surface area contributed by atoms with Gasteiger partial charge in [0, 0.05) is 19.1 Å². The highest BCUT2D eigenvalue weighted by molar-refractivity contribution is 5.92. The number of carbonyl (C=O) groups excluding carboxylic acids is 1. The highest BCUT2D eigenvalue weighted by atomic mass is 19.1. The minimum absolute atomic E-state index is 0.101. The largest absolute Gasteiger partial charge is 0.336 e. The summed E-state index contributed by atoms with van der Waals surface area (Å²) < 4.78 is 14.8. The number of rotatable bonds is 4. The summed E-state index contributed by atoms with van der Waals surface area (Å²) in [7, 11) is 1.91. The van der Waals surface area contributed by atoms with Crippen LogP contribution in [-0.2, 0) is 6.54 Å². The molecule has 1 amide bonds. The number of carbonyl (C=O) groups is 1. The Bertz CT molecular complexity index is 687. The van der Waals surface area contributed by atoms with Crippen molar-refractivity contribution in [2.75, 3.05) is 20.1 Å². The average molecular weight is 317 g/mol. The number of hydrogen-bond acceptors (Lipinski definition) is 4. The van der Waals surface area contributed by atoms with Gasteiger partial charge in [-0.05, 0) is 37.6 Å². The highest BCUT2D eigenvalue weighted by Crippen LogP contribution is 2.13. The second-order valence-corrected chi connectivity index (χ2v) is 5.81. The molecular formula is C16H20FN5O. The van der Waals surface area contributed by atoms with Gasteiger partial charge in [0.2, 0.25) is 0 Å². The van der Waals surface area contributed by atoms with Crippen LogP contribution >= 0.6 is 0 Å². The van der Waals surface area contributed by atoms with Gasteiger partial charge < -0.3 is 10.2 Å². The lowest BCUT2D eigenvalue weighted by molar-refractivity contribution is 0.0692. The van der Waals surface area contributed by atoms with Gasteiger partial charge in [0.15, 0.2) is 5.69 Å². The molecule has 1 aliphatic heterocycles. The lowest BCUT2D eigenvalue weighted by atomic mass is 10.1. The molecule has 1 aromatic carbocycles. The maximum atomic E-state index is 13.2. The quantitative estimate of drug-likeness (QED) is 0.923. The van der Waals surface area contributed by atoms with E-state index >= 15 is 0 Å². The average Bonchev–Trinajstić information content (AvgIpc) is 3.02. The first-order valence-electron chi connectivity index (χ1n) is 7.77. The van der Waals surface area contributed by atoms with E-state index in [-0.39, 0.29) is 11.7 Å². The monoisotopic (exact) mass is 317 g/mol. The van der Waals surface area contributed by atoms with Gasteiger partial charge in [-0.1, -0.05) is 17.3 Å². The van der Waals surface area contributed by atoms with Crippen LogP contribution in [0.2, 0.25) is 0 Å². The van der Waals surface area contributed by atoms with Crippen LogP contribution in [0.25, 0.3) is 0 Å². The molecule has 0 spiro atoms. The summed E-state index contributed by atoms with van der Waals surface area (Å²) in [6.07, 6.45) is 3.68. The van der Waals surface area contributed by atoms with Gasteiger partial charge in [0.1, 0.15) is 5.82 Å². The van der Waals surface area contributed by atoms with Gasteiger partial charge in [0.25, 0.3) is 5.91 Å². The molecule has 122 valence electrons. The molecule has 1 aromatic heterocycles. The molecule has 1 atom stereocenters. The maximum absolute atomic E-state index is 13.2. The fourth-order valence-corrected chi connectivity index (χ4v) is 2.86. The molecule has 1 unspecified atom stereocenters. The Balaban J connectivity index is 1.67. The fourth-order valence-electron chi connectivity index (χ4n) is 2.86. The summed E-state index contributed by atoms with van der Waals surface area (Å²) in [6.45, 7) is 1.82. The molecule has 3 rings (SSSR count). The third kappa shape index (κ3) is 3.73. The number of nitrogens with zero attached hydrogens (tertiary/aromatic N) is 4. The van der Waals surface area contributed by atoms with Crippen molar-refractivity contribution in [3.63, 3.8) is 0 Å². The van der Waals surface area contributed by atoms with E-state index in [1.54, 1.807) is 21.8 Å². The van der Waals surface area contributed by atoms with Crippen LogP contribution < -0.4 is 5.32 Å². The molecule has 2 aromatic rings. The number of nitrogens with one attached hydrogen (secondary N) is 1. The first-order chi connectivity index (χ1) is 11.2. The Hall–Kier alpha value is -2.28. The molecule has 2 heterocycles. The number of likely N-dealkylation sites (tertiary alicyclic amines) is 1. The third-order valence-corrected chi connectivity index (χ3v) is 4.11. The summed E-state index contributed by atoms with van der Waals surface area (Å²) in [4.78, 5) is 14.3. The molecule has 23 heavy (non-hydrogen) atoms. The predicted molar refractivity (Wildman–Crippen MR) is 83.5 cm³/mol. The molecule has 0 bridgehead atoms. The molecule has 1 saturated heterocycles. The van der Waals surface area contributed by atoms with E-state index in [0.29, 0.717) is 24.8 Å². The van der Waals surface area contributed by atoms with Gasteiger partial charge >= 0.3 is 0 Å². The van der Waals surface area contributed by atoms with Crippen LogP contribution in [0.1, 0.15) is 28.9 Å². The Morgan fingerprint density at radius 2 is 2.35 bits per heavy atom. The summed E-state index contributed by atoms with van der Waals surface area (Å²) in [6, 6.07) is 6.64. The zero-order chi connectivity index (χ0) is 16.2. The zero-order valence-electron chi connectivity index (χ0n) is 13.1. The van der Waals surface area contributed by atoms with Crippen LogP contribution in [-0.4, -0.2) is 52.0 Å². The summed E-state index contributed by atoms with van der Waals surface area (Å²) in [5.41, 5.74) is 1.11. The second-order valence-electron chi connectivity index (χ2n) is 5.81. The van der Waals surface area contributed by atoms with Gasteiger partial charge in [-0.15, -0.1) is 5.10 Å². The number of benzene rings is 1. The van der Waals surface area contributed by atoms with E-state index < -0.39 is 0 Å². The van der Waals surface area contributed by atoms with Crippen molar-refractivity contribution in [1.82, 2.24) is 25.2 Å². The number of amides is 1.